The Hall–Kier alpha value is -3.82. The summed E-state index contributed by atoms with van der Waals surface area (Å²) < 4.78 is 13.6. The van der Waals surface area contributed by atoms with Crippen molar-refractivity contribution in [3.63, 3.8) is 0 Å². The number of hydrogen-bond acceptors (Lipinski definition) is 5. The molecule has 0 unspecified atom stereocenters. The number of amides is 3. The first kappa shape index (κ1) is 31.6. The minimum Gasteiger partial charge on any atom is -0.357 e. The van der Waals surface area contributed by atoms with Crippen molar-refractivity contribution in [2.45, 2.75) is 69.6 Å². The van der Waals surface area contributed by atoms with Gasteiger partial charge in [0.1, 0.15) is 11.9 Å². The highest BCUT2D eigenvalue weighted by atomic mass is 19.1. The van der Waals surface area contributed by atoms with Crippen molar-refractivity contribution in [3.8, 4) is 0 Å². The summed E-state index contributed by atoms with van der Waals surface area (Å²) in [7, 11) is 1.61. The molecule has 0 bridgehead atoms. The summed E-state index contributed by atoms with van der Waals surface area (Å²) in [4.78, 5) is 44.4. The molecule has 8 nitrogen and oxygen atoms in total. The molecule has 1 aliphatic heterocycles. The van der Waals surface area contributed by atoms with Gasteiger partial charge in [-0.2, -0.15) is 0 Å². The summed E-state index contributed by atoms with van der Waals surface area (Å²) >= 11 is 0. The van der Waals surface area contributed by atoms with Crippen molar-refractivity contribution in [2.75, 3.05) is 26.7 Å². The second-order valence-electron chi connectivity index (χ2n) is 13.0. The van der Waals surface area contributed by atoms with E-state index in [1.165, 1.54) is 12.1 Å². The normalized spacial score (nSPS) is 19.1. The third kappa shape index (κ3) is 7.81. The van der Waals surface area contributed by atoms with Crippen LogP contribution in [0.25, 0.3) is 10.8 Å². The highest BCUT2D eigenvalue weighted by molar-refractivity contribution is 5.91. The molecule has 5 rings (SSSR count). The molecule has 0 aromatic heterocycles. The van der Waals surface area contributed by atoms with Crippen LogP contribution in [0.2, 0.25) is 0 Å². The average Bonchev–Trinajstić information content (AvgIpc) is 3.82. The molecule has 3 aromatic rings. The van der Waals surface area contributed by atoms with Crippen LogP contribution < -0.4 is 16.4 Å². The topological polar surface area (TPSA) is 108 Å². The molecule has 3 amide bonds. The lowest BCUT2D eigenvalue weighted by Gasteiger charge is -2.44. The van der Waals surface area contributed by atoms with Crippen LogP contribution in [0, 0.1) is 11.7 Å². The molecule has 4 N–H and O–H groups in total. The van der Waals surface area contributed by atoms with Gasteiger partial charge in [-0.05, 0) is 66.6 Å². The maximum Gasteiger partial charge on any atom is 0.242 e. The Morgan fingerprint density at radius 1 is 0.977 bits per heavy atom. The molecule has 44 heavy (non-hydrogen) atoms. The van der Waals surface area contributed by atoms with Gasteiger partial charge in [-0.25, -0.2) is 4.39 Å². The Morgan fingerprint density at radius 2 is 1.66 bits per heavy atom. The van der Waals surface area contributed by atoms with Gasteiger partial charge in [0.25, 0.3) is 0 Å². The summed E-state index contributed by atoms with van der Waals surface area (Å²) in [6, 6.07) is 19.2. The van der Waals surface area contributed by atoms with Crippen LogP contribution in [-0.2, 0) is 27.2 Å². The van der Waals surface area contributed by atoms with Crippen molar-refractivity contribution in [2.24, 2.45) is 11.7 Å². The number of nitrogens with one attached hydrogen (secondary N) is 2. The van der Waals surface area contributed by atoms with Crippen molar-refractivity contribution in [3.05, 3.63) is 83.7 Å². The van der Waals surface area contributed by atoms with E-state index in [1.54, 1.807) is 37.9 Å². The molecule has 1 saturated carbocycles. The first-order chi connectivity index (χ1) is 21.0. The number of benzene rings is 3. The predicted molar refractivity (Wildman–Crippen MR) is 170 cm³/mol. The molecule has 1 aliphatic carbocycles. The lowest BCUT2D eigenvalue weighted by molar-refractivity contribution is -0.150. The molecule has 0 radical (unpaired) electrons. The molecule has 1 heterocycles. The summed E-state index contributed by atoms with van der Waals surface area (Å²) in [6.07, 6.45) is 3.78. The smallest absolute Gasteiger partial charge is 0.242 e. The maximum atomic E-state index is 14.3. The molecule has 1 saturated heterocycles. The van der Waals surface area contributed by atoms with Gasteiger partial charge in [0, 0.05) is 39.1 Å². The van der Waals surface area contributed by atoms with Crippen LogP contribution in [-0.4, -0.2) is 77.9 Å². The van der Waals surface area contributed by atoms with Crippen molar-refractivity contribution in [1.82, 2.24) is 20.4 Å². The van der Waals surface area contributed by atoms with E-state index in [0.717, 1.165) is 34.7 Å². The van der Waals surface area contributed by atoms with Crippen LogP contribution in [0.3, 0.4) is 0 Å². The summed E-state index contributed by atoms with van der Waals surface area (Å²) in [6.45, 7) is 4.71. The summed E-state index contributed by atoms with van der Waals surface area (Å²) in [5.74, 6) is -0.375. The molecule has 9 heteroatoms. The summed E-state index contributed by atoms with van der Waals surface area (Å²) in [5, 5.41) is 8.10. The minimum atomic E-state index is -1.08. The molecule has 2 aliphatic rings. The zero-order valence-corrected chi connectivity index (χ0v) is 25.9. The van der Waals surface area contributed by atoms with Crippen LogP contribution in [0.1, 0.15) is 44.2 Å². The molecular formula is C35H44FN5O3. The number of hydrogen-bond donors (Lipinski definition) is 3. The fourth-order valence-corrected chi connectivity index (χ4v) is 6.12. The maximum absolute atomic E-state index is 14.3. The Balaban J connectivity index is 1.37. The van der Waals surface area contributed by atoms with Gasteiger partial charge in [0.15, 0.2) is 0 Å². The minimum absolute atomic E-state index is 0.0523. The van der Waals surface area contributed by atoms with Gasteiger partial charge in [-0.3, -0.25) is 19.3 Å². The molecule has 2 fully saturated rings. The Kier molecular flexibility index (Phi) is 9.65. The van der Waals surface area contributed by atoms with Crippen LogP contribution in [0.5, 0.6) is 0 Å². The number of nitrogens with zero attached hydrogens (tertiary/aromatic N) is 2. The monoisotopic (exact) mass is 601 g/mol. The second-order valence-corrected chi connectivity index (χ2v) is 13.0. The molecule has 3 aromatic carbocycles. The number of carbonyl (C=O) groups is 3. The Labute approximate surface area is 259 Å². The number of carbonyl (C=O) groups excluding carboxylic acids is 3. The first-order valence-electron chi connectivity index (χ1n) is 15.6. The number of rotatable bonds is 12. The predicted octanol–water partition coefficient (Wildman–Crippen LogP) is 3.41. The van der Waals surface area contributed by atoms with Crippen LogP contribution in [0.15, 0.2) is 66.7 Å². The number of likely N-dealkylation sites (N-methyl/N-ethyl adjacent to an activating group) is 1. The molecule has 3 atom stereocenters. The van der Waals surface area contributed by atoms with E-state index in [2.05, 4.69) is 39.8 Å². The first-order valence-corrected chi connectivity index (χ1v) is 15.6. The summed E-state index contributed by atoms with van der Waals surface area (Å²) in [5.41, 5.74) is 6.91. The zero-order chi connectivity index (χ0) is 31.4. The Bertz CT molecular complexity index is 1480. The van der Waals surface area contributed by atoms with E-state index in [1.807, 2.05) is 18.2 Å². The lowest BCUT2D eigenvalue weighted by atomic mass is 9.96. The zero-order valence-electron chi connectivity index (χ0n) is 25.9. The van der Waals surface area contributed by atoms with E-state index in [4.69, 9.17) is 5.73 Å². The van der Waals surface area contributed by atoms with E-state index in [0.29, 0.717) is 44.8 Å². The third-order valence-corrected chi connectivity index (χ3v) is 8.83. The molecule has 234 valence electrons. The highest BCUT2D eigenvalue weighted by Crippen LogP contribution is 2.36. The average molecular weight is 602 g/mol. The highest BCUT2D eigenvalue weighted by Gasteiger charge is 2.43. The SMILES string of the molecule is CNC(=O)[C@H](Cc1ccc2ccccc2c1)N1CCN(C[C@@H](Cc2ccc(F)cc2)NC(=O)C(C)(C)N)[C@@H](CC2CC2)C1=O. The van der Waals surface area contributed by atoms with Gasteiger partial charge in [0.2, 0.25) is 17.7 Å². The standard InChI is InChI=1S/C35H44FN5O3/c1-35(2,37)34(44)39-29(19-23-11-14-28(36)15-12-23)22-40-16-17-41(33(43)31(40)20-24-8-9-24)30(32(42)38-3)21-25-10-13-26-6-4-5-7-27(26)18-25/h4-7,10-15,18,24,29-31H,8-9,16-17,19-22,37H2,1-3H3,(H,38,42)(H,39,44)/t29-,30+,31+/m1/s1. The van der Waals surface area contributed by atoms with Crippen LogP contribution >= 0.6 is 0 Å². The van der Waals surface area contributed by atoms with Gasteiger partial charge in [0.05, 0.1) is 11.6 Å². The van der Waals surface area contributed by atoms with Gasteiger partial charge in [-0.15, -0.1) is 0 Å². The molecular weight excluding hydrogens is 557 g/mol. The van der Waals surface area contributed by atoms with Gasteiger partial charge in [-0.1, -0.05) is 67.4 Å². The van der Waals surface area contributed by atoms with Crippen molar-refractivity contribution < 1.29 is 18.8 Å². The lowest BCUT2D eigenvalue weighted by Crippen LogP contribution is -2.64. The van der Waals surface area contributed by atoms with Gasteiger partial charge < -0.3 is 21.3 Å². The number of fused-ring (bicyclic) bond motifs is 1. The number of piperazine rings is 1. The van der Waals surface area contributed by atoms with Crippen molar-refractivity contribution in [1.29, 1.82) is 0 Å². The van der Waals surface area contributed by atoms with E-state index in [-0.39, 0.29) is 29.6 Å². The quantitative estimate of drug-likeness (QED) is 0.295. The van der Waals surface area contributed by atoms with E-state index < -0.39 is 17.6 Å². The fourth-order valence-electron chi connectivity index (χ4n) is 6.12. The van der Waals surface area contributed by atoms with Gasteiger partial charge >= 0.3 is 0 Å². The third-order valence-electron chi connectivity index (χ3n) is 8.83. The largest absolute Gasteiger partial charge is 0.357 e. The fraction of sp³-hybridized carbons (Fsp3) is 0.457. The van der Waals surface area contributed by atoms with Crippen LogP contribution in [0.4, 0.5) is 4.39 Å². The Morgan fingerprint density at radius 3 is 2.32 bits per heavy atom. The second kappa shape index (κ2) is 13.4. The van der Waals surface area contributed by atoms with Crippen molar-refractivity contribution >= 4 is 28.5 Å². The number of nitrogens with two attached hydrogens (primary N) is 1. The van der Waals surface area contributed by atoms with E-state index in [9.17, 15) is 18.8 Å². The number of halogens is 1. The van der Waals surface area contributed by atoms with E-state index >= 15 is 0 Å². The molecule has 0 spiro atoms.